The summed E-state index contributed by atoms with van der Waals surface area (Å²) >= 11 is 3.44. The van der Waals surface area contributed by atoms with E-state index in [9.17, 15) is 4.79 Å². The Kier molecular flexibility index (Phi) is 4.73. The van der Waals surface area contributed by atoms with Crippen molar-refractivity contribution >= 4 is 21.9 Å². The second-order valence-electron chi connectivity index (χ2n) is 4.53. The van der Waals surface area contributed by atoms with Crippen LogP contribution in [0.5, 0.6) is 5.75 Å². The second-order valence-corrected chi connectivity index (χ2v) is 5.45. The lowest BCUT2D eigenvalue weighted by Crippen LogP contribution is -2.07. The van der Waals surface area contributed by atoms with Crippen LogP contribution in [0.15, 0.2) is 27.1 Å². The standard InChI is InChI=1S/C16H17BrO4/c1-5-20-16(18)15-10(3)21-9(2)14(15)12-8-11(17)6-7-13(12)19-4/h6-8H,5H2,1-4H3. The van der Waals surface area contributed by atoms with E-state index in [2.05, 4.69) is 15.9 Å². The number of hydrogen-bond donors (Lipinski definition) is 0. The minimum absolute atomic E-state index is 0.317. The Morgan fingerprint density at radius 1 is 1.29 bits per heavy atom. The summed E-state index contributed by atoms with van der Waals surface area (Å²) in [6.07, 6.45) is 0. The molecule has 2 rings (SSSR count). The molecule has 0 unspecified atom stereocenters. The molecule has 0 fully saturated rings. The Hall–Kier alpha value is -1.75. The van der Waals surface area contributed by atoms with Crippen molar-refractivity contribution in [3.8, 4) is 16.9 Å². The highest BCUT2D eigenvalue weighted by atomic mass is 79.9. The summed E-state index contributed by atoms with van der Waals surface area (Å²) in [6, 6.07) is 5.63. The number of hydrogen-bond acceptors (Lipinski definition) is 4. The van der Waals surface area contributed by atoms with Crippen molar-refractivity contribution in [2.45, 2.75) is 20.8 Å². The lowest BCUT2D eigenvalue weighted by molar-refractivity contribution is 0.0525. The maximum Gasteiger partial charge on any atom is 0.342 e. The average Bonchev–Trinajstić information content (AvgIpc) is 2.73. The van der Waals surface area contributed by atoms with Crippen LogP contribution in [0.2, 0.25) is 0 Å². The zero-order chi connectivity index (χ0) is 15.6. The Morgan fingerprint density at radius 2 is 2.00 bits per heavy atom. The minimum atomic E-state index is -0.385. The average molecular weight is 353 g/mol. The molecule has 0 spiro atoms. The Morgan fingerprint density at radius 3 is 2.62 bits per heavy atom. The third-order valence-corrected chi connectivity index (χ3v) is 3.66. The predicted octanol–water partition coefficient (Wildman–Crippen LogP) is 4.51. The number of carbonyl (C=O) groups excluding carboxylic acids is 1. The summed E-state index contributed by atoms with van der Waals surface area (Å²) in [4.78, 5) is 12.2. The third kappa shape index (κ3) is 2.97. The van der Waals surface area contributed by atoms with E-state index in [-0.39, 0.29) is 5.97 Å². The summed E-state index contributed by atoms with van der Waals surface area (Å²) in [6.45, 7) is 5.68. The van der Waals surface area contributed by atoms with Gasteiger partial charge in [0.05, 0.1) is 13.7 Å². The number of furan rings is 1. The number of methoxy groups -OCH3 is 1. The van der Waals surface area contributed by atoms with Crippen molar-refractivity contribution in [2.75, 3.05) is 13.7 Å². The van der Waals surface area contributed by atoms with Crippen LogP contribution in [-0.2, 0) is 4.74 Å². The summed E-state index contributed by atoms with van der Waals surface area (Å²) in [5.74, 6) is 1.49. The van der Waals surface area contributed by atoms with Gasteiger partial charge in [-0.2, -0.15) is 0 Å². The highest BCUT2D eigenvalue weighted by Gasteiger charge is 2.25. The topological polar surface area (TPSA) is 48.7 Å². The smallest absolute Gasteiger partial charge is 0.342 e. The fourth-order valence-corrected chi connectivity index (χ4v) is 2.69. The molecule has 2 aromatic rings. The van der Waals surface area contributed by atoms with Crippen molar-refractivity contribution in [1.82, 2.24) is 0 Å². The van der Waals surface area contributed by atoms with Gasteiger partial charge in [-0.3, -0.25) is 0 Å². The first-order valence-corrected chi connectivity index (χ1v) is 7.39. The Bertz CT molecular complexity index is 673. The first-order chi connectivity index (χ1) is 9.99. The van der Waals surface area contributed by atoms with E-state index in [0.717, 1.165) is 10.0 Å². The number of esters is 1. The van der Waals surface area contributed by atoms with E-state index in [4.69, 9.17) is 13.9 Å². The SMILES string of the molecule is CCOC(=O)c1c(C)oc(C)c1-c1cc(Br)ccc1OC. The van der Waals surface area contributed by atoms with Crippen LogP contribution < -0.4 is 4.74 Å². The van der Waals surface area contributed by atoms with E-state index in [1.165, 1.54) is 0 Å². The number of ether oxygens (including phenoxy) is 2. The monoisotopic (exact) mass is 352 g/mol. The summed E-state index contributed by atoms with van der Waals surface area (Å²) < 4.78 is 17.1. The lowest BCUT2D eigenvalue weighted by Gasteiger charge is -2.10. The largest absolute Gasteiger partial charge is 0.496 e. The quantitative estimate of drug-likeness (QED) is 0.759. The minimum Gasteiger partial charge on any atom is -0.496 e. The molecule has 0 aliphatic carbocycles. The molecule has 0 atom stereocenters. The van der Waals surface area contributed by atoms with Gasteiger partial charge in [0.15, 0.2) is 0 Å². The van der Waals surface area contributed by atoms with Crippen molar-refractivity contribution in [2.24, 2.45) is 0 Å². The van der Waals surface area contributed by atoms with Crippen molar-refractivity contribution in [3.05, 3.63) is 39.8 Å². The van der Waals surface area contributed by atoms with Crippen LogP contribution in [0, 0.1) is 13.8 Å². The lowest BCUT2D eigenvalue weighted by atomic mass is 9.99. The molecule has 4 nitrogen and oxygen atoms in total. The molecule has 0 N–H and O–H groups in total. The van der Waals surface area contributed by atoms with Crippen LogP contribution in [0.1, 0.15) is 28.8 Å². The first-order valence-electron chi connectivity index (χ1n) is 6.60. The molecule has 1 heterocycles. The number of carbonyl (C=O) groups is 1. The number of benzene rings is 1. The highest BCUT2D eigenvalue weighted by molar-refractivity contribution is 9.10. The van der Waals surface area contributed by atoms with Gasteiger partial charge in [0.2, 0.25) is 0 Å². The Balaban J connectivity index is 2.69. The molecule has 5 heteroatoms. The maximum absolute atomic E-state index is 12.2. The molecule has 0 saturated heterocycles. The molecule has 1 aromatic carbocycles. The highest BCUT2D eigenvalue weighted by Crippen LogP contribution is 2.39. The van der Waals surface area contributed by atoms with Gasteiger partial charge in [-0.1, -0.05) is 15.9 Å². The van der Waals surface area contributed by atoms with Gasteiger partial charge in [-0.15, -0.1) is 0 Å². The first kappa shape index (κ1) is 15.6. The molecular weight excluding hydrogens is 336 g/mol. The number of aryl methyl sites for hydroxylation is 2. The Labute approximate surface area is 132 Å². The van der Waals surface area contributed by atoms with Crippen LogP contribution in [0.25, 0.3) is 11.1 Å². The maximum atomic E-state index is 12.2. The van der Waals surface area contributed by atoms with Crippen molar-refractivity contribution in [3.63, 3.8) is 0 Å². The third-order valence-electron chi connectivity index (χ3n) is 3.17. The number of halogens is 1. The van der Waals surface area contributed by atoms with Gasteiger partial charge >= 0.3 is 5.97 Å². The second kappa shape index (κ2) is 6.35. The number of rotatable bonds is 4. The van der Waals surface area contributed by atoms with E-state index < -0.39 is 0 Å². The van der Waals surface area contributed by atoms with Crippen LogP contribution >= 0.6 is 15.9 Å². The fourth-order valence-electron chi connectivity index (χ4n) is 2.33. The van der Waals surface area contributed by atoms with Gasteiger partial charge in [0, 0.05) is 15.6 Å². The molecule has 0 amide bonds. The van der Waals surface area contributed by atoms with Gasteiger partial charge in [0.1, 0.15) is 22.8 Å². The van der Waals surface area contributed by atoms with Crippen molar-refractivity contribution < 1.29 is 18.7 Å². The molecule has 0 saturated carbocycles. The van der Waals surface area contributed by atoms with Crippen LogP contribution in [0.4, 0.5) is 0 Å². The molecule has 0 aliphatic heterocycles. The molecule has 1 aromatic heterocycles. The molecule has 112 valence electrons. The van der Waals surface area contributed by atoms with E-state index >= 15 is 0 Å². The van der Waals surface area contributed by atoms with Crippen molar-refractivity contribution in [1.29, 1.82) is 0 Å². The van der Waals surface area contributed by atoms with Crippen LogP contribution in [-0.4, -0.2) is 19.7 Å². The molecule has 0 aliphatic rings. The zero-order valence-electron chi connectivity index (χ0n) is 12.5. The van der Waals surface area contributed by atoms with E-state index in [1.807, 2.05) is 25.1 Å². The predicted molar refractivity (Wildman–Crippen MR) is 83.8 cm³/mol. The summed E-state index contributed by atoms with van der Waals surface area (Å²) in [7, 11) is 1.60. The van der Waals surface area contributed by atoms with Gasteiger partial charge in [0.25, 0.3) is 0 Å². The summed E-state index contributed by atoms with van der Waals surface area (Å²) in [5, 5.41) is 0. The fraction of sp³-hybridized carbons (Fsp3) is 0.312. The zero-order valence-corrected chi connectivity index (χ0v) is 14.0. The molecule has 0 radical (unpaired) electrons. The van der Waals surface area contributed by atoms with Gasteiger partial charge in [-0.25, -0.2) is 4.79 Å². The van der Waals surface area contributed by atoms with E-state index in [0.29, 0.717) is 35.0 Å². The molecule has 21 heavy (non-hydrogen) atoms. The molecular formula is C16H17BrO4. The summed E-state index contributed by atoms with van der Waals surface area (Å²) in [5.41, 5.74) is 1.96. The normalized spacial score (nSPS) is 10.5. The van der Waals surface area contributed by atoms with Crippen LogP contribution in [0.3, 0.4) is 0 Å². The van der Waals surface area contributed by atoms with Gasteiger partial charge < -0.3 is 13.9 Å². The molecule has 0 bridgehead atoms. The van der Waals surface area contributed by atoms with Gasteiger partial charge in [-0.05, 0) is 39.0 Å². The van der Waals surface area contributed by atoms with E-state index in [1.54, 1.807) is 21.0 Å².